The average Bonchev–Trinajstić information content (AvgIpc) is 3.07. The Morgan fingerprint density at radius 1 is 1.57 bits per heavy atom. The van der Waals surface area contributed by atoms with Crippen molar-refractivity contribution in [2.75, 3.05) is 27.2 Å². The first kappa shape index (κ1) is 18.4. The highest BCUT2D eigenvalue weighted by molar-refractivity contribution is 7.89. The second kappa shape index (κ2) is 7.55. The quantitative estimate of drug-likeness (QED) is 0.807. The van der Waals surface area contributed by atoms with E-state index in [2.05, 4.69) is 10.1 Å². The molecule has 1 saturated heterocycles. The molecular weight excluding hydrogens is 336 g/mol. The van der Waals surface area contributed by atoms with Crippen LogP contribution in [-0.2, 0) is 14.8 Å². The number of ether oxygens (including phenoxy) is 1. The Kier molecular flexibility index (Phi) is 6.61. The van der Waals surface area contributed by atoms with Gasteiger partial charge in [0.15, 0.2) is 0 Å². The Hall–Kier alpha value is -0.670. The first-order chi connectivity index (χ1) is 9.50. The topological polar surface area (TPSA) is 75.7 Å². The first-order valence-electron chi connectivity index (χ1n) is 6.34. The summed E-state index contributed by atoms with van der Waals surface area (Å²) in [5.41, 5.74) is 0. The minimum absolute atomic E-state index is 0. The van der Waals surface area contributed by atoms with Crippen molar-refractivity contribution in [2.24, 2.45) is 0 Å². The maximum atomic E-state index is 12.6. The number of nitrogens with zero attached hydrogens (tertiary/aromatic N) is 1. The predicted molar refractivity (Wildman–Crippen MR) is 83.7 cm³/mol. The van der Waals surface area contributed by atoms with Gasteiger partial charge in [-0.25, -0.2) is 13.2 Å². The maximum absolute atomic E-state index is 12.6. The number of hydrogen-bond acceptors (Lipinski definition) is 6. The third-order valence-corrected chi connectivity index (χ3v) is 6.32. The Bertz CT molecular complexity index is 588. The van der Waals surface area contributed by atoms with E-state index in [0.717, 1.165) is 24.2 Å². The van der Waals surface area contributed by atoms with Crippen LogP contribution < -0.4 is 5.32 Å². The standard InChI is InChI=1S/C12H18N2O4S2.ClH/c1-13-7-9-4-3-5-14(9)20(16,17)10-6-11(19-8-10)12(15)18-2;/h6,8-9,13H,3-5,7H2,1-2H3;1H. The lowest BCUT2D eigenvalue weighted by atomic mass is 10.2. The highest BCUT2D eigenvalue weighted by Gasteiger charge is 2.35. The highest BCUT2D eigenvalue weighted by atomic mass is 35.5. The van der Waals surface area contributed by atoms with E-state index in [4.69, 9.17) is 0 Å². The molecule has 1 aliphatic heterocycles. The van der Waals surface area contributed by atoms with Crippen LogP contribution in [0.15, 0.2) is 16.3 Å². The summed E-state index contributed by atoms with van der Waals surface area (Å²) >= 11 is 1.09. The number of hydrogen-bond donors (Lipinski definition) is 1. The van der Waals surface area contributed by atoms with Gasteiger partial charge in [0.2, 0.25) is 10.0 Å². The molecule has 0 aliphatic carbocycles. The van der Waals surface area contributed by atoms with Gasteiger partial charge >= 0.3 is 5.97 Å². The minimum Gasteiger partial charge on any atom is -0.465 e. The number of carbonyl (C=O) groups excluding carboxylic acids is 1. The Labute approximate surface area is 134 Å². The molecule has 0 saturated carbocycles. The van der Waals surface area contributed by atoms with Crippen molar-refractivity contribution in [2.45, 2.75) is 23.8 Å². The van der Waals surface area contributed by atoms with E-state index in [9.17, 15) is 13.2 Å². The number of methoxy groups -OCH3 is 1. The summed E-state index contributed by atoms with van der Waals surface area (Å²) in [5.74, 6) is -0.510. The molecule has 2 heterocycles. The fraction of sp³-hybridized carbons (Fsp3) is 0.583. The van der Waals surface area contributed by atoms with Gasteiger partial charge < -0.3 is 10.1 Å². The molecule has 1 fully saturated rings. The number of nitrogens with one attached hydrogen (secondary N) is 1. The SMILES string of the molecule is CNCC1CCCN1S(=O)(=O)c1csc(C(=O)OC)c1.Cl. The van der Waals surface area contributed by atoms with Crippen molar-refractivity contribution < 1.29 is 17.9 Å². The van der Waals surface area contributed by atoms with Crippen molar-refractivity contribution in [3.8, 4) is 0 Å². The molecule has 0 radical (unpaired) electrons. The van der Waals surface area contributed by atoms with Gasteiger partial charge in [-0.15, -0.1) is 23.7 Å². The van der Waals surface area contributed by atoms with Crippen molar-refractivity contribution in [3.05, 3.63) is 16.3 Å². The smallest absolute Gasteiger partial charge is 0.348 e. The van der Waals surface area contributed by atoms with E-state index >= 15 is 0 Å². The van der Waals surface area contributed by atoms with Gasteiger partial charge in [-0.3, -0.25) is 0 Å². The average molecular weight is 355 g/mol. The molecule has 0 spiro atoms. The summed E-state index contributed by atoms with van der Waals surface area (Å²) in [6.07, 6.45) is 1.72. The molecule has 1 unspecified atom stereocenters. The van der Waals surface area contributed by atoms with Crippen molar-refractivity contribution in [1.82, 2.24) is 9.62 Å². The molecule has 120 valence electrons. The van der Waals surface area contributed by atoms with Crippen LogP contribution in [0.4, 0.5) is 0 Å². The number of thiophene rings is 1. The van der Waals surface area contributed by atoms with E-state index in [0.29, 0.717) is 18.0 Å². The zero-order valence-electron chi connectivity index (χ0n) is 11.9. The van der Waals surface area contributed by atoms with E-state index in [1.807, 2.05) is 7.05 Å². The summed E-state index contributed by atoms with van der Waals surface area (Å²) < 4.78 is 31.3. The van der Waals surface area contributed by atoms with Gasteiger partial charge in [0.25, 0.3) is 0 Å². The molecule has 1 atom stereocenters. The molecular formula is C12H19ClN2O4S2. The van der Waals surface area contributed by atoms with Gasteiger partial charge in [-0.1, -0.05) is 0 Å². The van der Waals surface area contributed by atoms with Crippen LogP contribution in [-0.4, -0.2) is 52.0 Å². The highest BCUT2D eigenvalue weighted by Crippen LogP contribution is 2.28. The third kappa shape index (κ3) is 3.75. The number of halogens is 1. The molecule has 1 N–H and O–H groups in total. The largest absolute Gasteiger partial charge is 0.465 e. The second-order valence-electron chi connectivity index (χ2n) is 4.61. The van der Waals surface area contributed by atoms with Crippen LogP contribution >= 0.6 is 23.7 Å². The summed E-state index contributed by atoms with van der Waals surface area (Å²) in [7, 11) is -0.449. The lowest BCUT2D eigenvalue weighted by Gasteiger charge is -2.23. The zero-order valence-corrected chi connectivity index (χ0v) is 14.3. The molecule has 1 aromatic rings. The van der Waals surface area contributed by atoms with Crippen LogP contribution in [0, 0.1) is 0 Å². The van der Waals surface area contributed by atoms with Gasteiger partial charge in [-0.2, -0.15) is 4.31 Å². The molecule has 1 aromatic heterocycles. The third-order valence-electron chi connectivity index (χ3n) is 3.33. The van der Waals surface area contributed by atoms with Crippen molar-refractivity contribution in [1.29, 1.82) is 0 Å². The minimum atomic E-state index is -3.54. The normalized spacial score (nSPS) is 19.2. The van der Waals surface area contributed by atoms with Gasteiger partial charge in [0, 0.05) is 24.5 Å². The van der Waals surface area contributed by atoms with E-state index in [-0.39, 0.29) is 23.3 Å². The lowest BCUT2D eigenvalue weighted by Crippen LogP contribution is -2.40. The molecule has 9 heteroatoms. The van der Waals surface area contributed by atoms with Crippen LogP contribution in [0.25, 0.3) is 0 Å². The monoisotopic (exact) mass is 354 g/mol. The van der Waals surface area contributed by atoms with Crippen molar-refractivity contribution in [3.63, 3.8) is 0 Å². The van der Waals surface area contributed by atoms with E-state index in [1.165, 1.54) is 22.9 Å². The lowest BCUT2D eigenvalue weighted by molar-refractivity contribution is 0.0606. The molecule has 0 aromatic carbocycles. The van der Waals surface area contributed by atoms with Gasteiger partial charge in [0.1, 0.15) is 4.88 Å². The van der Waals surface area contributed by atoms with Crippen LogP contribution in [0.3, 0.4) is 0 Å². The fourth-order valence-corrected chi connectivity index (χ4v) is 5.23. The fourth-order valence-electron chi connectivity index (χ4n) is 2.36. The van der Waals surface area contributed by atoms with Crippen LogP contribution in [0.2, 0.25) is 0 Å². The van der Waals surface area contributed by atoms with Crippen molar-refractivity contribution >= 4 is 39.7 Å². The number of likely N-dealkylation sites (N-methyl/N-ethyl adjacent to an activating group) is 1. The molecule has 6 nitrogen and oxygen atoms in total. The zero-order chi connectivity index (χ0) is 14.8. The number of sulfonamides is 1. The predicted octanol–water partition coefficient (Wildman–Crippen LogP) is 1.33. The maximum Gasteiger partial charge on any atom is 0.348 e. The summed E-state index contributed by atoms with van der Waals surface area (Å²) in [6, 6.07) is 1.37. The second-order valence-corrected chi connectivity index (χ2v) is 7.41. The van der Waals surface area contributed by atoms with Gasteiger partial charge in [0.05, 0.1) is 12.0 Å². The van der Waals surface area contributed by atoms with Crippen LogP contribution in [0.1, 0.15) is 22.5 Å². The number of carbonyl (C=O) groups is 1. The summed E-state index contributed by atoms with van der Waals surface area (Å²) in [6.45, 7) is 1.16. The molecule has 1 aliphatic rings. The molecule has 0 amide bonds. The Balaban J connectivity index is 0.00000220. The summed E-state index contributed by atoms with van der Waals surface area (Å²) in [4.78, 5) is 11.9. The van der Waals surface area contributed by atoms with E-state index < -0.39 is 16.0 Å². The summed E-state index contributed by atoms with van der Waals surface area (Å²) in [5, 5.41) is 4.51. The van der Waals surface area contributed by atoms with E-state index in [1.54, 1.807) is 0 Å². The number of esters is 1. The van der Waals surface area contributed by atoms with Crippen LogP contribution in [0.5, 0.6) is 0 Å². The Morgan fingerprint density at radius 3 is 2.90 bits per heavy atom. The Morgan fingerprint density at radius 2 is 2.29 bits per heavy atom. The number of rotatable bonds is 5. The molecule has 2 rings (SSSR count). The molecule has 0 bridgehead atoms. The molecule has 21 heavy (non-hydrogen) atoms. The van der Waals surface area contributed by atoms with Gasteiger partial charge in [-0.05, 0) is 26.0 Å². The first-order valence-corrected chi connectivity index (χ1v) is 8.66.